The van der Waals surface area contributed by atoms with Crippen LogP contribution in [0.3, 0.4) is 0 Å². The number of carbonyl (C=O) groups excluding carboxylic acids is 2. The molecule has 0 heterocycles. The van der Waals surface area contributed by atoms with Crippen LogP contribution in [0.15, 0.2) is 23.1 Å². The van der Waals surface area contributed by atoms with Gasteiger partial charge in [-0.1, -0.05) is 13.8 Å². The lowest BCUT2D eigenvalue weighted by atomic mass is 10.2. The van der Waals surface area contributed by atoms with E-state index in [0.717, 1.165) is 0 Å². The van der Waals surface area contributed by atoms with Crippen molar-refractivity contribution in [3.8, 4) is 5.75 Å². The fourth-order valence-electron chi connectivity index (χ4n) is 2.24. The van der Waals surface area contributed by atoms with Crippen molar-refractivity contribution < 1.29 is 22.7 Å². The van der Waals surface area contributed by atoms with Crippen molar-refractivity contribution in [3.63, 3.8) is 0 Å². The quantitative estimate of drug-likeness (QED) is 0.661. The summed E-state index contributed by atoms with van der Waals surface area (Å²) in [5.74, 6) is -0.697. The molecule has 0 aliphatic rings. The van der Waals surface area contributed by atoms with Crippen LogP contribution in [0.1, 0.15) is 31.1 Å². The van der Waals surface area contributed by atoms with Gasteiger partial charge in [0.25, 0.3) is 5.91 Å². The number of ether oxygens (including phenoxy) is 1. The Morgan fingerprint density at radius 3 is 2.28 bits per heavy atom. The van der Waals surface area contributed by atoms with Crippen LogP contribution >= 0.6 is 0 Å². The molecule has 0 radical (unpaired) electrons. The molecule has 9 heteroatoms. The summed E-state index contributed by atoms with van der Waals surface area (Å²) in [5, 5.41) is 5.02. The molecule has 0 unspecified atom stereocenters. The normalized spacial score (nSPS) is 11.2. The minimum Gasteiger partial charge on any atom is -0.495 e. The monoisotopic (exact) mass is 371 g/mol. The Morgan fingerprint density at radius 1 is 1.12 bits per heavy atom. The predicted molar refractivity (Wildman–Crippen MR) is 94.1 cm³/mol. The van der Waals surface area contributed by atoms with Gasteiger partial charge in [-0.05, 0) is 25.1 Å². The van der Waals surface area contributed by atoms with Crippen LogP contribution in [-0.4, -0.2) is 57.8 Å². The van der Waals surface area contributed by atoms with E-state index in [4.69, 9.17) is 4.74 Å². The summed E-state index contributed by atoms with van der Waals surface area (Å²) in [6.45, 7) is 6.12. The van der Waals surface area contributed by atoms with Gasteiger partial charge in [-0.25, -0.2) is 8.42 Å². The minimum atomic E-state index is -3.79. The summed E-state index contributed by atoms with van der Waals surface area (Å²) < 4.78 is 31.9. The van der Waals surface area contributed by atoms with Crippen LogP contribution in [0.5, 0.6) is 5.75 Å². The molecule has 1 aromatic carbocycles. The van der Waals surface area contributed by atoms with Gasteiger partial charge in [-0.15, -0.1) is 0 Å². The Labute approximate surface area is 148 Å². The number of hydrogen-bond donors (Lipinski definition) is 2. The largest absolute Gasteiger partial charge is 0.495 e. The summed E-state index contributed by atoms with van der Waals surface area (Å²) in [4.78, 5) is 23.5. The lowest BCUT2D eigenvalue weighted by molar-refractivity contribution is -0.120. The molecule has 0 aromatic heterocycles. The van der Waals surface area contributed by atoms with Crippen LogP contribution in [-0.2, 0) is 14.8 Å². The number of benzene rings is 1. The number of likely N-dealkylation sites (N-methyl/N-ethyl adjacent to an activating group) is 1. The maximum absolute atomic E-state index is 12.8. The highest BCUT2D eigenvalue weighted by Crippen LogP contribution is 2.27. The summed E-state index contributed by atoms with van der Waals surface area (Å²) in [6.07, 6.45) is 0. The van der Waals surface area contributed by atoms with Crippen LogP contribution in [0, 0.1) is 0 Å². The third-order valence-corrected chi connectivity index (χ3v) is 5.60. The van der Waals surface area contributed by atoms with Gasteiger partial charge in [0.2, 0.25) is 15.9 Å². The number of hydrogen-bond acceptors (Lipinski definition) is 5. The molecular formula is C16H25N3O5S. The third kappa shape index (κ3) is 5.17. The number of nitrogens with zero attached hydrogens (tertiary/aromatic N) is 1. The van der Waals surface area contributed by atoms with Gasteiger partial charge in [0.15, 0.2) is 0 Å². The number of methoxy groups -OCH3 is 1. The van der Waals surface area contributed by atoms with Gasteiger partial charge in [0.1, 0.15) is 10.6 Å². The predicted octanol–water partition coefficient (Wildman–Crippen LogP) is 0.592. The zero-order valence-electron chi connectivity index (χ0n) is 15.0. The van der Waals surface area contributed by atoms with Crippen LogP contribution < -0.4 is 15.4 Å². The fraction of sp³-hybridized carbons (Fsp3) is 0.500. The first-order valence-electron chi connectivity index (χ1n) is 8.04. The van der Waals surface area contributed by atoms with Crippen LogP contribution in [0.25, 0.3) is 0 Å². The second kappa shape index (κ2) is 9.38. The molecule has 0 saturated carbocycles. The molecule has 0 atom stereocenters. The van der Waals surface area contributed by atoms with Gasteiger partial charge >= 0.3 is 0 Å². The standard InChI is InChI=1S/C16H25N3O5S/c1-5-17-15(20)11-18-16(21)12-8-9-13(24-4)14(10-12)25(22,23)19(6-2)7-3/h8-10H,5-7,11H2,1-4H3,(H,17,20)(H,18,21). The average molecular weight is 371 g/mol. The van der Waals surface area contributed by atoms with E-state index in [1.807, 2.05) is 0 Å². The van der Waals surface area contributed by atoms with Crippen molar-refractivity contribution in [2.75, 3.05) is 33.3 Å². The number of nitrogens with one attached hydrogen (secondary N) is 2. The molecule has 2 amide bonds. The van der Waals surface area contributed by atoms with E-state index in [1.54, 1.807) is 20.8 Å². The maximum atomic E-state index is 12.8. The van der Waals surface area contributed by atoms with E-state index in [2.05, 4.69) is 10.6 Å². The molecule has 0 spiro atoms. The fourth-order valence-corrected chi connectivity index (χ4v) is 3.88. The molecule has 0 aliphatic carbocycles. The zero-order chi connectivity index (χ0) is 19.0. The number of carbonyl (C=O) groups is 2. The summed E-state index contributed by atoms with van der Waals surface area (Å²) in [6, 6.07) is 4.14. The van der Waals surface area contributed by atoms with E-state index < -0.39 is 15.9 Å². The Hall–Kier alpha value is -2.13. The molecule has 1 rings (SSSR count). The Morgan fingerprint density at radius 2 is 1.76 bits per heavy atom. The molecule has 2 N–H and O–H groups in total. The Kier molecular flexibility index (Phi) is 7.85. The second-order valence-corrected chi connectivity index (χ2v) is 7.00. The molecule has 140 valence electrons. The number of amides is 2. The molecule has 1 aromatic rings. The Balaban J connectivity index is 3.14. The van der Waals surface area contributed by atoms with Gasteiger partial charge < -0.3 is 15.4 Å². The van der Waals surface area contributed by atoms with E-state index >= 15 is 0 Å². The summed E-state index contributed by atoms with van der Waals surface area (Å²) >= 11 is 0. The van der Waals surface area contributed by atoms with Gasteiger partial charge in [-0.2, -0.15) is 4.31 Å². The van der Waals surface area contributed by atoms with Crippen molar-refractivity contribution in [1.82, 2.24) is 14.9 Å². The molecule has 25 heavy (non-hydrogen) atoms. The highest BCUT2D eigenvalue weighted by atomic mass is 32.2. The van der Waals surface area contributed by atoms with E-state index in [-0.39, 0.29) is 28.7 Å². The first kappa shape index (κ1) is 20.9. The summed E-state index contributed by atoms with van der Waals surface area (Å²) in [5.41, 5.74) is 0.135. The lowest BCUT2D eigenvalue weighted by Gasteiger charge is -2.20. The van der Waals surface area contributed by atoms with Gasteiger partial charge in [-0.3, -0.25) is 9.59 Å². The van der Waals surface area contributed by atoms with E-state index in [0.29, 0.717) is 19.6 Å². The topological polar surface area (TPSA) is 105 Å². The number of sulfonamides is 1. The lowest BCUT2D eigenvalue weighted by Crippen LogP contribution is -2.37. The first-order chi connectivity index (χ1) is 11.8. The first-order valence-corrected chi connectivity index (χ1v) is 9.48. The highest BCUT2D eigenvalue weighted by molar-refractivity contribution is 7.89. The molecular weight excluding hydrogens is 346 g/mol. The molecule has 0 bridgehead atoms. The van der Waals surface area contributed by atoms with Crippen molar-refractivity contribution in [3.05, 3.63) is 23.8 Å². The van der Waals surface area contributed by atoms with E-state index in [9.17, 15) is 18.0 Å². The van der Waals surface area contributed by atoms with Crippen molar-refractivity contribution >= 4 is 21.8 Å². The minimum absolute atomic E-state index is 0.0793. The number of rotatable bonds is 9. The SMILES string of the molecule is CCNC(=O)CNC(=O)c1ccc(OC)c(S(=O)(=O)N(CC)CC)c1. The highest BCUT2D eigenvalue weighted by Gasteiger charge is 2.26. The Bertz CT molecular complexity index is 714. The second-order valence-electron chi connectivity index (χ2n) is 5.09. The van der Waals surface area contributed by atoms with Crippen molar-refractivity contribution in [2.24, 2.45) is 0 Å². The molecule has 0 saturated heterocycles. The van der Waals surface area contributed by atoms with Crippen molar-refractivity contribution in [2.45, 2.75) is 25.7 Å². The zero-order valence-corrected chi connectivity index (χ0v) is 15.8. The van der Waals surface area contributed by atoms with Crippen LogP contribution in [0.4, 0.5) is 0 Å². The molecule has 0 aliphatic heterocycles. The van der Waals surface area contributed by atoms with Crippen LogP contribution in [0.2, 0.25) is 0 Å². The van der Waals surface area contributed by atoms with Gasteiger partial charge in [0, 0.05) is 25.2 Å². The van der Waals surface area contributed by atoms with E-state index in [1.165, 1.54) is 29.6 Å². The third-order valence-electron chi connectivity index (χ3n) is 3.53. The maximum Gasteiger partial charge on any atom is 0.251 e. The smallest absolute Gasteiger partial charge is 0.251 e. The molecule has 0 fully saturated rings. The van der Waals surface area contributed by atoms with Crippen molar-refractivity contribution in [1.29, 1.82) is 0 Å². The summed E-state index contributed by atoms with van der Waals surface area (Å²) in [7, 11) is -2.42. The van der Waals surface area contributed by atoms with Gasteiger partial charge in [0.05, 0.1) is 13.7 Å². The average Bonchev–Trinajstić information content (AvgIpc) is 2.60. The molecule has 8 nitrogen and oxygen atoms in total.